The Morgan fingerprint density at radius 1 is 1.00 bits per heavy atom. The van der Waals surface area contributed by atoms with Crippen molar-refractivity contribution in [3.8, 4) is 0 Å². The van der Waals surface area contributed by atoms with E-state index in [4.69, 9.17) is 18.0 Å². The Labute approximate surface area is 110 Å². The number of hydrogen-bond acceptors (Lipinski definition) is 6. The van der Waals surface area contributed by atoms with Crippen LogP contribution in [0.25, 0.3) is 0 Å². The maximum atomic E-state index is 9.85. The molecule has 18 heavy (non-hydrogen) atoms. The zero-order valence-corrected chi connectivity index (χ0v) is 12.4. The van der Waals surface area contributed by atoms with Crippen molar-refractivity contribution >= 4 is 14.9 Å². The molecule has 0 saturated heterocycles. The summed E-state index contributed by atoms with van der Waals surface area (Å²) in [5.74, 6) is 0. The third-order valence-corrected chi connectivity index (χ3v) is 5.06. The van der Waals surface area contributed by atoms with Crippen molar-refractivity contribution < 1.29 is 22.8 Å². The van der Waals surface area contributed by atoms with E-state index in [1.54, 1.807) is 0 Å². The Kier molecular flexibility index (Phi) is 11.2. The first-order chi connectivity index (χ1) is 8.74. The highest BCUT2D eigenvalue weighted by Gasteiger charge is 2.39. The van der Waals surface area contributed by atoms with Crippen LogP contribution < -0.4 is 0 Å². The van der Waals surface area contributed by atoms with Gasteiger partial charge in [-0.1, -0.05) is 0 Å². The molecule has 0 rings (SSSR count). The quantitative estimate of drug-likeness (QED) is 0.233. The van der Waals surface area contributed by atoms with Gasteiger partial charge >= 0.3 is 8.80 Å². The number of ether oxygens (including phenoxy) is 1. The third-order valence-electron chi connectivity index (χ3n) is 2.06. The minimum atomic E-state index is -2.60. The van der Waals surface area contributed by atoms with E-state index in [2.05, 4.69) is 4.99 Å². The van der Waals surface area contributed by atoms with Gasteiger partial charge in [-0.05, 0) is 20.8 Å². The van der Waals surface area contributed by atoms with Crippen molar-refractivity contribution in [3.05, 3.63) is 0 Å². The summed E-state index contributed by atoms with van der Waals surface area (Å²) in [5, 5.41) is 0. The summed E-state index contributed by atoms with van der Waals surface area (Å²) in [7, 11) is -2.60. The van der Waals surface area contributed by atoms with E-state index in [1.165, 1.54) is 6.08 Å². The Balaban J connectivity index is 4.08. The Hall–Kier alpha value is -0.563. The van der Waals surface area contributed by atoms with Crippen molar-refractivity contribution in [2.75, 3.05) is 39.6 Å². The molecule has 0 aromatic heterocycles. The number of hydrogen-bond donors (Lipinski definition) is 0. The first kappa shape index (κ1) is 17.4. The Morgan fingerprint density at radius 3 is 2.00 bits per heavy atom. The van der Waals surface area contributed by atoms with Gasteiger partial charge in [0, 0.05) is 25.9 Å². The number of isocyanates is 1. The highest BCUT2D eigenvalue weighted by Crippen LogP contribution is 2.15. The molecule has 0 heterocycles. The fourth-order valence-electron chi connectivity index (χ4n) is 1.46. The molecule has 6 nitrogen and oxygen atoms in total. The molecular weight excluding hydrogens is 254 g/mol. The lowest BCUT2D eigenvalue weighted by Crippen LogP contribution is -2.46. The molecule has 0 aliphatic heterocycles. The van der Waals surface area contributed by atoms with Crippen LogP contribution in [0.1, 0.15) is 20.8 Å². The van der Waals surface area contributed by atoms with Crippen LogP contribution in [-0.4, -0.2) is 54.5 Å². The largest absolute Gasteiger partial charge is 0.503 e. The second-order valence-electron chi connectivity index (χ2n) is 3.32. The molecule has 7 heteroatoms. The molecule has 0 spiro atoms. The molecule has 0 bridgehead atoms. The first-order valence-electron chi connectivity index (χ1n) is 6.27. The van der Waals surface area contributed by atoms with Crippen LogP contribution >= 0.6 is 0 Å². The number of carbonyl (C=O) groups excluding carboxylic acids is 1. The van der Waals surface area contributed by atoms with Crippen LogP contribution in [0.2, 0.25) is 6.04 Å². The van der Waals surface area contributed by atoms with Gasteiger partial charge in [-0.15, -0.1) is 0 Å². The number of nitrogens with zero attached hydrogens (tertiary/aromatic N) is 1. The van der Waals surface area contributed by atoms with Gasteiger partial charge in [0.2, 0.25) is 6.08 Å². The van der Waals surface area contributed by atoms with Gasteiger partial charge in [-0.3, -0.25) is 0 Å². The van der Waals surface area contributed by atoms with E-state index in [1.807, 2.05) is 20.8 Å². The van der Waals surface area contributed by atoms with Crippen LogP contribution in [0.4, 0.5) is 0 Å². The van der Waals surface area contributed by atoms with E-state index in [0.29, 0.717) is 45.6 Å². The van der Waals surface area contributed by atoms with Crippen LogP contribution in [0, 0.1) is 0 Å². The summed E-state index contributed by atoms with van der Waals surface area (Å²) < 4.78 is 22.4. The molecule has 0 unspecified atom stereocenters. The van der Waals surface area contributed by atoms with Gasteiger partial charge in [0.15, 0.2) is 0 Å². The van der Waals surface area contributed by atoms with Gasteiger partial charge in [0.1, 0.15) is 0 Å². The van der Waals surface area contributed by atoms with Crippen molar-refractivity contribution in [2.45, 2.75) is 26.8 Å². The van der Waals surface area contributed by atoms with E-state index in [9.17, 15) is 4.79 Å². The average molecular weight is 277 g/mol. The minimum Gasteiger partial charge on any atom is -0.380 e. The lowest BCUT2D eigenvalue weighted by molar-refractivity contribution is 0.0587. The molecule has 0 radical (unpaired) electrons. The maximum absolute atomic E-state index is 9.85. The van der Waals surface area contributed by atoms with Crippen molar-refractivity contribution in [1.82, 2.24) is 0 Å². The second kappa shape index (κ2) is 11.5. The fourth-order valence-corrected chi connectivity index (χ4v) is 3.85. The van der Waals surface area contributed by atoms with Gasteiger partial charge in [-0.25, -0.2) is 9.79 Å². The highest BCUT2D eigenvalue weighted by molar-refractivity contribution is 6.60. The van der Waals surface area contributed by atoms with Gasteiger partial charge in [0.05, 0.1) is 19.8 Å². The lowest BCUT2D eigenvalue weighted by atomic mass is 10.7. The van der Waals surface area contributed by atoms with Crippen molar-refractivity contribution in [3.63, 3.8) is 0 Å². The second-order valence-corrected chi connectivity index (χ2v) is 6.05. The molecule has 0 N–H and O–H groups in total. The topological polar surface area (TPSA) is 66.4 Å². The van der Waals surface area contributed by atoms with E-state index >= 15 is 0 Å². The minimum absolute atomic E-state index is 0.329. The van der Waals surface area contributed by atoms with Crippen LogP contribution in [0.15, 0.2) is 4.99 Å². The average Bonchev–Trinajstić information content (AvgIpc) is 2.35. The first-order valence-corrected chi connectivity index (χ1v) is 8.21. The summed E-state index contributed by atoms with van der Waals surface area (Å²) in [4.78, 5) is 13.3. The molecule has 0 aliphatic rings. The van der Waals surface area contributed by atoms with Gasteiger partial charge in [-0.2, -0.15) is 0 Å². The third kappa shape index (κ3) is 7.70. The van der Waals surface area contributed by atoms with E-state index in [-0.39, 0.29) is 0 Å². The lowest BCUT2D eigenvalue weighted by Gasteiger charge is -2.28. The normalized spacial score (nSPS) is 11.3. The van der Waals surface area contributed by atoms with Crippen LogP contribution in [0.5, 0.6) is 0 Å². The molecule has 0 amide bonds. The van der Waals surface area contributed by atoms with E-state index in [0.717, 1.165) is 0 Å². The Bertz CT molecular complexity index is 229. The molecule has 0 aliphatic carbocycles. The van der Waals surface area contributed by atoms with Crippen LogP contribution in [0.3, 0.4) is 0 Å². The van der Waals surface area contributed by atoms with Crippen molar-refractivity contribution in [1.29, 1.82) is 0 Å². The van der Waals surface area contributed by atoms with Crippen molar-refractivity contribution in [2.24, 2.45) is 4.99 Å². The predicted molar refractivity (Wildman–Crippen MR) is 69.2 cm³/mol. The molecule has 0 fully saturated rings. The molecular formula is C11H23NO5Si. The Morgan fingerprint density at radius 2 is 1.56 bits per heavy atom. The SMILES string of the molecule is CCO[Si](CCOCCN=C=O)(OCC)OCC. The number of aliphatic imine (C=N–C) groups is 1. The number of rotatable bonds is 12. The fraction of sp³-hybridized carbons (Fsp3) is 0.909. The zero-order chi connectivity index (χ0) is 13.7. The zero-order valence-electron chi connectivity index (χ0n) is 11.4. The monoisotopic (exact) mass is 277 g/mol. The summed E-state index contributed by atoms with van der Waals surface area (Å²) in [6.07, 6.45) is 1.47. The summed E-state index contributed by atoms with van der Waals surface area (Å²) >= 11 is 0. The summed E-state index contributed by atoms with van der Waals surface area (Å²) in [6.45, 7) is 8.62. The predicted octanol–water partition coefficient (Wildman–Crippen LogP) is 1.39. The smallest absolute Gasteiger partial charge is 0.380 e. The van der Waals surface area contributed by atoms with Gasteiger partial charge < -0.3 is 18.0 Å². The molecule has 0 aromatic carbocycles. The molecule has 0 saturated carbocycles. The standard InChI is InChI=1S/C11H23NO5Si/c1-4-15-18(16-5-2,17-6-3)10-9-14-8-7-12-11-13/h4-10H2,1-3H3. The highest BCUT2D eigenvalue weighted by atomic mass is 28.4. The summed E-state index contributed by atoms with van der Waals surface area (Å²) in [6, 6.07) is 0.604. The van der Waals surface area contributed by atoms with Crippen LogP contribution in [-0.2, 0) is 22.8 Å². The molecule has 0 atom stereocenters. The van der Waals surface area contributed by atoms with Gasteiger partial charge in [0.25, 0.3) is 0 Å². The maximum Gasteiger partial charge on any atom is 0.503 e. The van der Waals surface area contributed by atoms with E-state index < -0.39 is 8.80 Å². The molecule has 0 aromatic rings. The summed E-state index contributed by atoms with van der Waals surface area (Å²) in [5.41, 5.74) is 0. The molecule has 106 valence electrons.